The molecule has 0 saturated carbocycles. The summed E-state index contributed by atoms with van der Waals surface area (Å²) in [5, 5.41) is 13.3. The Morgan fingerprint density at radius 1 is 1.35 bits per heavy atom. The van der Waals surface area contributed by atoms with Crippen LogP contribution in [0.4, 0.5) is 0 Å². The molecule has 0 atom stereocenters. The highest BCUT2D eigenvalue weighted by Gasteiger charge is 2.17. The lowest BCUT2D eigenvalue weighted by Crippen LogP contribution is -2.01. The monoisotopic (exact) mass is 271 g/mol. The van der Waals surface area contributed by atoms with Crippen LogP contribution in [0.1, 0.15) is 10.4 Å². The molecule has 1 N–H and O–H groups in total. The molecule has 0 amide bonds. The average molecular weight is 272 g/mol. The van der Waals surface area contributed by atoms with Crippen LogP contribution in [-0.4, -0.2) is 25.8 Å². The van der Waals surface area contributed by atoms with Crippen molar-refractivity contribution < 1.29 is 9.90 Å². The van der Waals surface area contributed by atoms with Gasteiger partial charge in [0.25, 0.3) is 0 Å². The fourth-order valence-electron chi connectivity index (χ4n) is 1.54. The van der Waals surface area contributed by atoms with Crippen molar-refractivity contribution in [2.45, 2.75) is 0 Å². The smallest absolute Gasteiger partial charge is 0.339 e. The summed E-state index contributed by atoms with van der Waals surface area (Å²) in [6.45, 7) is 0. The lowest BCUT2D eigenvalue weighted by molar-refractivity contribution is 0.0697. The van der Waals surface area contributed by atoms with Crippen molar-refractivity contribution in [3.8, 4) is 11.3 Å². The van der Waals surface area contributed by atoms with E-state index in [0.717, 1.165) is 0 Å². The van der Waals surface area contributed by atoms with Crippen molar-refractivity contribution in [2.75, 3.05) is 0 Å². The van der Waals surface area contributed by atoms with Gasteiger partial charge >= 0.3 is 5.97 Å². The molecular weight excluding hydrogens is 265 g/mol. The Balaban J connectivity index is 2.67. The highest BCUT2D eigenvalue weighted by molar-refractivity contribution is 6.32. The third kappa shape index (κ3) is 2.25. The summed E-state index contributed by atoms with van der Waals surface area (Å²) in [6.07, 6.45) is 1.28. The number of aryl methyl sites for hydroxylation is 1. The van der Waals surface area contributed by atoms with E-state index in [1.54, 1.807) is 7.05 Å². The van der Waals surface area contributed by atoms with E-state index in [1.807, 2.05) is 0 Å². The minimum absolute atomic E-state index is 0.0887. The van der Waals surface area contributed by atoms with Crippen LogP contribution in [0.15, 0.2) is 18.3 Å². The van der Waals surface area contributed by atoms with Crippen LogP contribution in [0.25, 0.3) is 11.3 Å². The van der Waals surface area contributed by atoms with Gasteiger partial charge in [-0.1, -0.05) is 23.2 Å². The lowest BCUT2D eigenvalue weighted by Gasteiger charge is -2.05. The molecule has 0 aliphatic rings. The SMILES string of the molecule is Cn1ncc(C(=O)O)c1-c1cc(Cl)nc(Cl)c1. The molecule has 17 heavy (non-hydrogen) atoms. The number of hydrogen-bond donors (Lipinski definition) is 1. The second kappa shape index (κ2) is 4.35. The van der Waals surface area contributed by atoms with Gasteiger partial charge in [0.15, 0.2) is 0 Å². The highest BCUT2D eigenvalue weighted by atomic mass is 35.5. The summed E-state index contributed by atoms with van der Waals surface area (Å²) in [5.74, 6) is -1.06. The molecule has 2 rings (SSSR count). The first-order valence-corrected chi connectivity index (χ1v) is 5.33. The number of nitrogens with zero attached hydrogens (tertiary/aromatic N) is 3. The summed E-state index contributed by atoms with van der Waals surface area (Å²) in [7, 11) is 1.64. The summed E-state index contributed by atoms with van der Waals surface area (Å²) in [6, 6.07) is 3.08. The van der Waals surface area contributed by atoms with Crippen molar-refractivity contribution in [1.82, 2.24) is 14.8 Å². The first-order chi connectivity index (χ1) is 7.99. The Labute approximate surface area is 107 Å². The minimum Gasteiger partial charge on any atom is -0.478 e. The number of carbonyl (C=O) groups is 1. The Morgan fingerprint density at radius 3 is 2.47 bits per heavy atom. The van der Waals surface area contributed by atoms with E-state index < -0.39 is 5.97 Å². The maximum atomic E-state index is 11.0. The van der Waals surface area contributed by atoms with E-state index in [1.165, 1.54) is 23.0 Å². The van der Waals surface area contributed by atoms with Crippen LogP contribution >= 0.6 is 23.2 Å². The third-order valence-electron chi connectivity index (χ3n) is 2.21. The number of rotatable bonds is 2. The number of hydrogen-bond acceptors (Lipinski definition) is 3. The van der Waals surface area contributed by atoms with Crippen LogP contribution in [-0.2, 0) is 7.05 Å². The summed E-state index contributed by atoms with van der Waals surface area (Å²) in [5.41, 5.74) is 1.09. The average Bonchev–Trinajstić information content (AvgIpc) is 2.58. The van der Waals surface area contributed by atoms with E-state index >= 15 is 0 Å². The van der Waals surface area contributed by atoms with E-state index in [0.29, 0.717) is 11.3 Å². The second-order valence-electron chi connectivity index (χ2n) is 3.34. The van der Waals surface area contributed by atoms with Gasteiger partial charge in [0.1, 0.15) is 15.9 Å². The van der Waals surface area contributed by atoms with Gasteiger partial charge in [-0.25, -0.2) is 9.78 Å². The zero-order chi connectivity index (χ0) is 12.6. The van der Waals surface area contributed by atoms with Crippen LogP contribution in [0.3, 0.4) is 0 Å². The Morgan fingerprint density at radius 2 is 1.94 bits per heavy atom. The van der Waals surface area contributed by atoms with Gasteiger partial charge in [0.05, 0.1) is 11.9 Å². The number of halogens is 2. The van der Waals surface area contributed by atoms with Gasteiger partial charge in [0.2, 0.25) is 0 Å². The van der Waals surface area contributed by atoms with Gasteiger partial charge in [-0.15, -0.1) is 0 Å². The number of aromatic nitrogens is 3. The first kappa shape index (κ1) is 11.9. The molecule has 88 valence electrons. The topological polar surface area (TPSA) is 68.0 Å². The molecule has 2 aromatic heterocycles. The molecule has 0 fully saturated rings. The zero-order valence-corrected chi connectivity index (χ0v) is 10.2. The number of aromatic carboxylic acids is 1. The van der Waals surface area contributed by atoms with Gasteiger partial charge in [-0.2, -0.15) is 5.10 Å². The maximum absolute atomic E-state index is 11.0. The van der Waals surface area contributed by atoms with Gasteiger partial charge in [0, 0.05) is 12.6 Å². The quantitative estimate of drug-likeness (QED) is 0.853. The van der Waals surface area contributed by atoms with E-state index in [-0.39, 0.29) is 15.9 Å². The van der Waals surface area contributed by atoms with Crippen LogP contribution < -0.4 is 0 Å². The number of pyridine rings is 1. The second-order valence-corrected chi connectivity index (χ2v) is 4.11. The normalized spacial score (nSPS) is 10.5. The Kier molecular flexibility index (Phi) is 3.04. The van der Waals surface area contributed by atoms with E-state index in [4.69, 9.17) is 28.3 Å². The van der Waals surface area contributed by atoms with Crippen LogP contribution in [0.5, 0.6) is 0 Å². The first-order valence-electron chi connectivity index (χ1n) is 4.58. The molecule has 0 bridgehead atoms. The standard InChI is InChI=1S/C10H7Cl2N3O2/c1-15-9(6(4-13-15)10(16)17)5-2-7(11)14-8(12)3-5/h2-4H,1H3,(H,16,17). The Bertz CT molecular complexity index is 575. The molecule has 0 unspecified atom stereocenters. The summed E-state index contributed by atoms with van der Waals surface area (Å²) >= 11 is 11.6. The molecule has 0 aromatic carbocycles. The molecule has 0 saturated heterocycles. The van der Waals surface area contributed by atoms with E-state index in [2.05, 4.69) is 10.1 Å². The van der Waals surface area contributed by atoms with Crippen molar-refractivity contribution >= 4 is 29.2 Å². The van der Waals surface area contributed by atoms with Gasteiger partial charge in [-0.05, 0) is 12.1 Å². The largest absolute Gasteiger partial charge is 0.478 e. The minimum atomic E-state index is -1.06. The molecule has 0 aliphatic heterocycles. The fraction of sp³-hybridized carbons (Fsp3) is 0.100. The Hall–Kier alpha value is -1.59. The van der Waals surface area contributed by atoms with Gasteiger partial charge in [-0.3, -0.25) is 4.68 Å². The zero-order valence-electron chi connectivity index (χ0n) is 8.69. The third-order valence-corrected chi connectivity index (χ3v) is 2.59. The van der Waals surface area contributed by atoms with Crippen molar-refractivity contribution in [3.05, 3.63) is 34.2 Å². The molecule has 0 aliphatic carbocycles. The van der Waals surface area contributed by atoms with Crippen LogP contribution in [0, 0.1) is 0 Å². The number of carboxylic acid groups (broad SMARTS) is 1. The predicted octanol–water partition coefficient (Wildman–Crippen LogP) is 2.49. The van der Waals surface area contributed by atoms with Crippen molar-refractivity contribution in [2.24, 2.45) is 7.05 Å². The van der Waals surface area contributed by atoms with Gasteiger partial charge < -0.3 is 5.11 Å². The van der Waals surface area contributed by atoms with E-state index in [9.17, 15) is 4.79 Å². The van der Waals surface area contributed by atoms with Crippen molar-refractivity contribution in [1.29, 1.82) is 0 Å². The molecule has 0 spiro atoms. The fourth-order valence-corrected chi connectivity index (χ4v) is 2.00. The molecule has 2 aromatic rings. The molecular formula is C10H7Cl2N3O2. The summed E-state index contributed by atoms with van der Waals surface area (Å²) < 4.78 is 1.45. The molecule has 5 nitrogen and oxygen atoms in total. The van der Waals surface area contributed by atoms with Crippen LogP contribution in [0.2, 0.25) is 10.3 Å². The predicted molar refractivity (Wildman–Crippen MR) is 63.4 cm³/mol. The lowest BCUT2D eigenvalue weighted by atomic mass is 10.1. The molecule has 2 heterocycles. The molecule has 0 radical (unpaired) electrons. The molecule has 7 heteroatoms. The summed E-state index contributed by atoms with van der Waals surface area (Å²) in [4.78, 5) is 14.8. The number of carboxylic acids is 1. The highest BCUT2D eigenvalue weighted by Crippen LogP contribution is 2.27. The van der Waals surface area contributed by atoms with Crippen molar-refractivity contribution in [3.63, 3.8) is 0 Å². The maximum Gasteiger partial charge on any atom is 0.339 e.